The van der Waals surface area contributed by atoms with Crippen molar-refractivity contribution < 1.29 is 19.1 Å². The van der Waals surface area contributed by atoms with Crippen LogP contribution in [0.3, 0.4) is 0 Å². The molecule has 10 heteroatoms. The average molecular weight is 422 g/mol. The predicted octanol–water partition coefficient (Wildman–Crippen LogP) is 0.957. The van der Waals surface area contributed by atoms with Gasteiger partial charge in [0.05, 0.1) is 12.7 Å². The normalized spacial score (nSPS) is 17.6. The average Bonchev–Trinajstić information content (AvgIpc) is 3.00. The van der Waals surface area contributed by atoms with E-state index in [1.165, 1.54) is 7.11 Å². The summed E-state index contributed by atoms with van der Waals surface area (Å²) in [6.45, 7) is 1.74. The van der Waals surface area contributed by atoms with Crippen molar-refractivity contribution in [2.24, 2.45) is 0 Å². The highest BCUT2D eigenvalue weighted by Crippen LogP contribution is 2.29. The van der Waals surface area contributed by atoms with Crippen molar-refractivity contribution in [3.05, 3.63) is 53.7 Å². The number of methoxy groups -OCH3 is 1. The standard InChI is InChI=1S/C21H22N6O4/c1-21(15-5-7-16(31-2)8-6-15)19(29)27(20(30)26-21)13-17(28)23-10-11-25-18-14(12-22)4-3-9-24-18/h3-9H,10-11,13H2,1-2H3,(H,23,28)(H,24,25)(H,26,30). The molecule has 1 aromatic carbocycles. The smallest absolute Gasteiger partial charge is 0.325 e. The van der Waals surface area contributed by atoms with Crippen LogP contribution in [0.2, 0.25) is 0 Å². The van der Waals surface area contributed by atoms with Gasteiger partial charge in [-0.25, -0.2) is 9.78 Å². The summed E-state index contributed by atoms with van der Waals surface area (Å²) in [7, 11) is 1.54. The number of anilines is 1. The summed E-state index contributed by atoms with van der Waals surface area (Å²) in [6, 6.07) is 11.5. The van der Waals surface area contributed by atoms with Crippen LogP contribution in [0.4, 0.5) is 10.6 Å². The van der Waals surface area contributed by atoms with Crippen molar-refractivity contribution in [2.75, 3.05) is 32.1 Å². The lowest BCUT2D eigenvalue weighted by Gasteiger charge is -2.22. The van der Waals surface area contributed by atoms with E-state index in [0.717, 1.165) is 4.90 Å². The number of imide groups is 1. The van der Waals surface area contributed by atoms with Crippen LogP contribution in [0, 0.1) is 11.3 Å². The van der Waals surface area contributed by atoms with Gasteiger partial charge in [-0.05, 0) is 36.8 Å². The lowest BCUT2D eigenvalue weighted by molar-refractivity contribution is -0.134. The number of rotatable bonds is 8. The summed E-state index contributed by atoms with van der Waals surface area (Å²) < 4.78 is 5.11. The number of carbonyl (C=O) groups is 3. The van der Waals surface area contributed by atoms with Gasteiger partial charge in [-0.2, -0.15) is 5.26 Å². The fourth-order valence-corrected chi connectivity index (χ4v) is 3.18. The summed E-state index contributed by atoms with van der Waals surface area (Å²) in [5, 5.41) is 17.3. The molecule has 0 aliphatic carbocycles. The molecule has 2 heterocycles. The van der Waals surface area contributed by atoms with Crippen LogP contribution in [0.15, 0.2) is 42.6 Å². The Bertz CT molecular complexity index is 1030. The third-order valence-corrected chi connectivity index (χ3v) is 4.91. The Morgan fingerprint density at radius 3 is 2.68 bits per heavy atom. The van der Waals surface area contributed by atoms with E-state index in [1.54, 1.807) is 49.5 Å². The molecular formula is C21H22N6O4. The molecule has 31 heavy (non-hydrogen) atoms. The van der Waals surface area contributed by atoms with Crippen LogP contribution in [0.1, 0.15) is 18.1 Å². The number of benzene rings is 1. The van der Waals surface area contributed by atoms with E-state index in [-0.39, 0.29) is 6.54 Å². The van der Waals surface area contributed by atoms with Gasteiger partial charge in [0.2, 0.25) is 5.91 Å². The quantitative estimate of drug-likeness (QED) is 0.426. The minimum Gasteiger partial charge on any atom is -0.497 e. The fourth-order valence-electron chi connectivity index (χ4n) is 3.18. The second kappa shape index (κ2) is 9.13. The summed E-state index contributed by atoms with van der Waals surface area (Å²) in [6.07, 6.45) is 1.55. The first kappa shape index (κ1) is 21.6. The molecule has 1 aliphatic rings. The monoisotopic (exact) mass is 422 g/mol. The highest BCUT2D eigenvalue weighted by molar-refractivity contribution is 6.09. The van der Waals surface area contributed by atoms with Gasteiger partial charge in [-0.1, -0.05) is 12.1 Å². The minimum absolute atomic E-state index is 0.222. The van der Waals surface area contributed by atoms with Crippen molar-refractivity contribution in [3.8, 4) is 11.8 Å². The van der Waals surface area contributed by atoms with Crippen molar-refractivity contribution >= 4 is 23.7 Å². The Hall–Kier alpha value is -4.13. The Kier molecular flexibility index (Phi) is 6.35. The van der Waals surface area contributed by atoms with E-state index < -0.39 is 29.9 Å². The van der Waals surface area contributed by atoms with E-state index in [0.29, 0.717) is 29.2 Å². The van der Waals surface area contributed by atoms with Crippen LogP contribution in [0.25, 0.3) is 0 Å². The molecule has 1 unspecified atom stereocenters. The highest BCUT2D eigenvalue weighted by Gasteiger charge is 2.49. The number of pyridine rings is 1. The summed E-state index contributed by atoms with van der Waals surface area (Å²) >= 11 is 0. The van der Waals surface area contributed by atoms with Gasteiger partial charge >= 0.3 is 6.03 Å². The first-order chi connectivity index (χ1) is 14.9. The van der Waals surface area contributed by atoms with Crippen LogP contribution in [-0.2, 0) is 15.1 Å². The van der Waals surface area contributed by atoms with Crippen LogP contribution >= 0.6 is 0 Å². The molecule has 0 radical (unpaired) electrons. The van der Waals surface area contributed by atoms with Gasteiger partial charge in [-0.15, -0.1) is 0 Å². The molecule has 1 saturated heterocycles. The zero-order chi connectivity index (χ0) is 22.4. The zero-order valence-corrected chi connectivity index (χ0v) is 17.1. The SMILES string of the molecule is COc1ccc(C2(C)NC(=O)N(CC(=O)NCCNc3ncccc3C#N)C2=O)cc1. The van der Waals surface area contributed by atoms with Crippen molar-refractivity contribution in [3.63, 3.8) is 0 Å². The second-order valence-electron chi connectivity index (χ2n) is 6.96. The summed E-state index contributed by atoms with van der Waals surface area (Å²) in [5.41, 5.74) is -0.286. The highest BCUT2D eigenvalue weighted by atomic mass is 16.5. The van der Waals surface area contributed by atoms with Crippen molar-refractivity contribution in [1.29, 1.82) is 5.26 Å². The molecule has 1 fully saturated rings. The lowest BCUT2D eigenvalue weighted by atomic mass is 9.92. The number of nitrogens with one attached hydrogen (secondary N) is 3. The maximum atomic E-state index is 12.9. The van der Waals surface area contributed by atoms with E-state index in [1.807, 2.05) is 6.07 Å². The molecule has 0 spiro atoms. The summed E-state index contributed by atoms with van der Waals surface area (Å²) in [4.78, 5) is 42.5. The minimum atomic E-state index is -1.27. The number of nitrogens with zero attached hydrogens (tertiary/aromatic N) is 3. The number of hydrogen-bond donors (Lipinski definition) is 3. The van der Waals surface area contributed by atoms with Crippen LogP contribution in [-0.4, -0.2) is 54.5 Å². The molecule has 1 atom stereocenters. The number of carbonyl (C=O) groups excluding carboxylic acids is 3. The van der Waals surface area contributed by atoms with Crippen LogP contribution < -0.4 is 20.7 Å². The molecular weight excluding hydrogens is 400 g/mol. The Morgan fingerprint density at radius 2 is 2.00 bits per heavy atom. The number of aromatic nitrogens is 1. The molecule has 1 aromatic heterocycles. The largest absolute Gasteiger partial charge is 0.497 e. The molecule has 10 nitrogen and oxygen atoms in total. The molecule has 3 N–H and O–H groups in total. The molecule has 0 bridgehead atoms. The molecule has 0 saturated carbocycles. The third-order valence-electron chi connectivity index (χ3n) is 4.91. The van der Waals surface area contributed by atoms with Gasteiger partial charge in [0.25, 0.3) is 5.91 Å². The summed E-state index contributed by atoms with van der Waals surface area (Å²) in [5.74, 6) is 0.0547. The molecule has 3 rings (SSSR count). The number of ether oxygens (including phenoxy) is 1. The Morgan fingerprint density at radius 1 is 1.26 bits per heavy atom. The first-order valence-electron chi connectivity index (χ1n) is 9.53. The first-order valence-corrected chi connectivity index (χ1v) is 9.53. The molecule has 2 aromatic rings. The number of hydrogen-bond acceptors (Lipinski definition) is 7. The van der Waals surface area contributed by atoms with E-state index in [4.69, 9.17) is 10.00 Å². The molecule has 160 valence electrons. The number of urea groups is 1. The van der Waals surface area contributed by atoms with Gasteiger partial charge in [-0.3, -0.25) is 14.5 Å². The van der Waals surface area contributed by atoms with Crippen molar-refractivity contribution in [2.45, 2.75) is 12.5 Å². The van der Waals surface area contributed by atoms with Gasteiger partial charge in [0.1, 0.15) is 29.7 Å². The predicted molar refractivity (Wildman–Crippen MR) is 111 cm³/mol. The second-order valence-corrected chi connectivity index (χ2v) is 6.96. The Balaban J connectivity index is 1.54. The lowest BCUT2D eigenvalue weighted by Crippen LogP contribution is -2.43. The fraction of sp³-hybridized carbons (Fsp3) is 0.286. The van der Waals surface area contributed by atoms with Gasteiger partial charge < -0.3 is 20.7 Å². The van der Waals surface area contributed by atoms with Gasteiger partial charge in [0, 0.05) is 19.3 Å². The molecule has 1 aliphatic heterocycles. The topological polar surface area (TPSA) is 136 Å². The van der Waals surface area contributed by atoms with E-state index in [9.17, 15) is 14.4 Å². The Labute approximate surface area is 179 Å². The van der Waals surface area contributed by atoms with Crippen molar-refractivity contribution in [1.82, 2.24) is 20.5 Å². The zero-order valence-electron chi connectivity index (χ0n) is 17.1. The maximum Gasteiger partial charge on any atom is 0.325 e. The maximum absolute atomic E-state index is 12.9. The number of amides is 4. The van der Waals surface area contributed by atoms with E-state index in [2.05, 4.69) is 20.9 Å². The van der Waals surface area contributed by atoms with Crippen LogP contribution in [0.5, 0.6) is 5.75 Å². The third kappa shape index (κ3) is 4.56. The number of nitriles is 1. The van der Waals surface area contributed by atoms with Gasteiger partial charge in [0.15, 0.2) is 0 Å². The van der Waals surface area contributed by atoms with E-state index >= 15 is 0 Å². The molecule has 4 amide bonds.